The molecule has 2 aliphatic rings. The van der Waals surface area contributed by atoms with E-state index in [-0.39, 0.29) is 23.6 Å². The summed E-state index contributed by atoms with van der Waals surface area (Å²) in [5.74, 6) is 1.68. The number of ether oxygens (including phenoxy) is 2. The van der Waals surface area contributed by atoms with Gasteiger partial charge in [0, 0.05) is 30.3 Å². The topological polar surface area (TPSA) is 93.9 Å². The summed E-state index contributed by atoms with van der Waals surface area (Å²) in [6.07, 6.45) is 3.47. The van der Waals surface area contributed by atoms with Crippen LogP contribution in [0.1, 0.15) is 63.0 Å². The van der Waals surface area contributed by atoms with Gasteiger partial charge in [-0.05, 0) is 73.7 Å². The van der Waals surface area contributed by atoms with E-state index in [1.165, 1.54) is 0 Å². The molecule has 1 saturated heterocycles. The molecule has 1 fully saturated rings. The minimum absolute atomic E-state index is 0.0457. The fourth-order valence-corrected chi connectivity index (χ4v) is 4.60. The number of carbonyl (C=O) groups excluding carboxylic acids is 2. The van der Waals surface area contributed by atoms with Crippen LogP contribution in [-0.2, 0) is 6.42 Å². The van der Waals surface area contributed by atoms with Crippen molar-refractivity contribution in [1.29, 1.82) is 0 Å². The van der Waals surface area contributed by atoms with Crippen LogP contribution in [0.15, 0.2) is 47.0 Å². The molecule has 1 atom stereocenters. The van der Waals surface area contributed by atoms with Crippen molar-refractivity contribution in [2.75, 3.05) is 25.6 Å². The van der Waals surface area contributed by atoms with Crippen LogP contribution in [0.4, 0.5) is 5.69 Å². The number of nitrogens with one attached hydrogen (secondary N) is 1. The number of hydrogen-bond donors (Lipinski definition) is 1. The highest BCUT2D eigenvalue weighted by atomic mass is 16.5. The molecule has 0 saturated carbocycles. The number of methoxy groups -OCH3 is 1. The Hall–Kier alpha value is -3.81. The van der Waals surface area contributed by atoms with Crippen LogP contribution in [-0.4, -0.2) is 42.1 Å². The van der Waals surface area contributed by atoms with Crippen molar-refractivity contribution in [2.24, 2.45) is 0 Å². The lowest BCUT2D eigenvalue weighted by Crippen LogP contribution is -2.38. The summed E-state index contributed by atoms with van der Waals surface area (Å²) in [5.41, 5.74) is 3.43. The zero-order valence-corrected chi connectivity index (χ0v) is 19.3. The molecule has 8 nitrogen and oxygen atoms in total. The Bertz CT molecular complexity index is 1230. The number of aromatic nitrogens is 1. The molecule has 0 bridgehead atoms. The SMILES string of the molecule is COc1ccc(NC(=O)c2cc(C3CCCCN3C(=O)c3ccc4c(c3)CCO4)on2)c(C)c1. The van der Waals surface area contributed by atoms with E-state index >= 15 is 0 Å². The van der Waals surface area contributed by atoms with Gasteiger partial charge in [-0.15, -0.1) is 0 Å². The second-order valence-electron chi connectivity index (χ2n) is 8.68. The summed E-state index contributed by atoms with van der Waals surface area (Å²) in [5, 5.41) is 6.87. The van der Waals surface area contributed by atoms with Gasteiger partial charge in [0.1, 0.15) is 11.5 Å². The molecule has 5 rings (SSSR count). The number of nitrogens with zero attached hydrogens (tertiary/aromatic N) is 2. The number of likely N-dealkylation sites (tertiary alicyclic amines) is 1. The maximum Gasteiger partial charge on any atom is 0.277 e. The number of rotatable bonds is 5. The Kier molecular flexibility index (Phi) is 5.96. The molecule has 1 N–H and O–H groups in total. The summed E-state index contributed by atoms with van der Waals surface area (Å²) in [6, 6.07) is 12.4. The zero-order valence-electron chi connectivity index (χ0n) is 19.3. The van der Waals surface area contributed by atoms with Crippen LogP contribution >= 0.6 is 0 Å². The summed E-state index contributed by atoms with van der Waals surface area (Å²) in [6.45, 7) is 3.17. The molecule has 0 radical (unpaired) electrons. The van der Waals surface area contributed by atoms with Crippen molar-refractivity contribution in [1.82, 2.24) is 10.1 Å². The third-order valence-electron chi connectivity index (χ3n) is 6.47. The van der Waals surface area contributed by atoms with Crippen molar-refractivity contribution in [2.45, 2.75) is 38.6 Å². The summed E-state index contributed by atoms with van der Waals surface area (Å²) in [4.78, 5) is 28.0. The number of fused-ring (bicyclic) bond motifs is 1. The Morgan fingerprint density at radius 1 is 1.15 bits per heavy atom. The number of benzene rings is 2. The standard InChI is InChI=1S/C26H27N3O5/c1-16-13-19(32-2)7-8-20(16)27-25(30)21-15-24(34-28-21)22-5-3-4-11-29(22)26(31)18-6-9-23-17(14-18)10-12-33-23/h6-9,13-15,22H,3-5,10-12H2,1-2H3,(H,27,30). The lowest BCUT2D eigenvalue weighted by Gasteiger charge is -2.34. The zero-order chi connectivity index (χ0) is 23.7. The molecular weight excluding hydrogens is 434 g/mol. The molecule has 2 amide bonds. The first-order chi connectivity index (χ1) is 16.5. The van der Waals surface area contributed by atoms with Gasteiger partial charge in [0.25, 0.3) is 11.8 Å². The maximum absolute atomic E-state index is 13.4. The molecule has 1 aromatic heterocycles. The fraction of sp³-hybridized carbons (Fsp3) is 0.346. The van der Waals surface area contributed by atoms with Gasteiger partial charge in [-0.1, -0.05) is 5.16 Å². The number of hydrogen-bond acceptors (Lipinski definition) is 6. The van der Waals surface area contributed by atoms with Crippen molar-refractivity contribution < 1.29 is 23.6 Å². The largest absolute Gasteiger partial charge is 0.497 e. The molecule has 3 aromatic rings. The van der Waals surface area contributed by atoms with Gasteiger partial charge in [-0.25, -0.2) is 0 Å². The van der Waals surface area contributed by atoms with E-state index in [0.29, 0.717) is 30.2 Å². The molecule has 0 aliphatic carbocycles. The minimum Gasteiger partial charge on any atom is -0.497 e. The highest BCUT2D eigenvalue weighted by Gasteiger charge is 2.32. The Labute approximate surface area is 197 Å². The van der Waals surface area contributed by atoms with E-state index < -0.39 is 0 Å². The predicted molar refractivity (Wildman–Crippen MR) is 125 cm³/mol. The first-order valence-corrected chi connectivity index (χ1v) is 11.5. The number of anilines is 1. The third-order valence-corrected chi connectivity index (χ3v) is 6.47. The van der Waals surface area contributed by atoms with Gasteiger partial charge in [-0.2, -0.15) is 0 Å². The molecule has 0 spiro atoms. The van der Waals surface area contributed by atoms with Crippen LogP contribution in [0.2, 0.25) is 0 Å². The van der Waals surface area contributed by atoms with Crippen LogP contribution in [0.5, 0.6) is 11.5 Å². The molecule has 2 aliphatic heterocycles. The highest BCUT2D eigenvalue weighted by Crippen LogP contribution is 2.34. The number of piperidine rings is 1. The van der Waals surface area contributed by atoms with Crippen LogP contribution < -0.4 is 14.8 Å². The van der Waals surface area contributed by atoms with E-state index in [2.05, 4.69) is 10.5 Å². The fourth-order valence-electron chi connectivity index (χ4n) is 4.60. The van der Waals surface area contributed by atoms with E-state index in [0.717, 1.165) is 48.3 Å². The Morgan fingerprint density at radius 2 is 2.03 bits per heavy atom. The van der Waals surface area contributed by atoms with E-state index in [1.807, 2.05) is 36.1 Å². The average molecular weight is 462 g/mol. The molecule has 8 heteroatoms. The van der Waals surface area contributed by atoms with Gasteiger partial charge in [0.05, 0.1) is 19.8 Å². The molecular formula is C26H27N3O5. The van der Waals surface area contributed by atoms with E-state index in [1.54, 1.807) is 25.3 Å². The Balaban J connectivity index is 1.33. The molecule has 1 unspecified atom stereocenters. The predicted octanol–water partition coefficient (Wildman–Crippen LogP) is 4.55. The number of amides is 2. The second-order valence-corrected chi connectivity index (χ2v) is 8.68. The first kappa shape index (κ1) is 22.0. The van der Waals surface area contributed by atoms with Crippen molar-refractivity contribution >= 4 is 17.5 Å². The van der Waals surface area contributed by atoms with Crippen LogP contribution in [0, 0.1) is 6.92 Å². The van der Waals surface area contributed by atoms with Gasteiger partial charge in [-0.3, -0.25) is 9.59 Å². The molecule has 176 valence electrons. The van der Waals surface area contributed by atoms with Gasteiger partial charge in [0.15, 0.2) is 11.5 Å². The summed E-state index contributed by atoms with van der Waals surface area (Å²) in [7, 11) is 1.60. The molecule has 34 heavy (non-hydrogen) atoms. The number of carbonyl (C=O) groups is 2. The number of aryl methyl sites for hydroxylation is 1. The quantitative estimate of drug-likeness (QED) is 0.599. The van der Waals surface area contributed by atoms with Crippen LogP contribution in [0.3, 0.4) is 0 Å². The van der Waals surface area contributed by atoms with Gasteiger partial charge >= 0.3 is 0 Å². The van der Waals surface area contributed by atoms with Crippen molar-refractivity contribution in [3.05, 3.63) is 70.6 Å². The third kappa shape index (κ3) is 4.23. The highest BCUT2D eigenvalue weighted by molar-refractivity contribution is 6.03. The summed E-state index contributed by atoms with van der Waals surface area (Å²) >= 11 is 0. The Morgan fingerprint density at radius 3 is 2.85 bits per heavy atom. The lowest BCUT2D eigenvalue weighted by atomic mass is 9.98. The minimum atomic E-state index is -0.365. The van der Waals surface area contributed by atoms with Crippen molar-refractivity contribution in [3.63, 3.8) is 0 Å². The van der Waals surface area contributed by atoms with Gasteiger partial charge in [0.2, 0.25) is 0 Å². The average Bonchev–Trinajstić information content (AvgIpc) is 3.54. The monoisotopic (exact) mass is 461 g/mol. The van der Waals surface area contributed by atoms with Gasteiger partial charge < -0.3 is 24.2 Å². The first-order valence-electron chi connectivity index (χ1n) is 11.5. The maximum atomic E-state index is 13.4. The molecule has 3 heterocycles. The van der Waals surface area contributed by atoms with E-state index in [9.17, 15) is 9.59 Å². The lowest BCUT2D eigenvalue weighted by molar-refractivity contribution is 0.0569. The smallest absolute Gasteiger partial charge is 0.277 e. The normalized spacial score (nSPS) is 17.1. The molecule has 2 aromatic carbocycles. The van der Waals surface area contributed by atoms with Crippen molar-refractivity contribution in [3.8, 4) is 11.5 Å². The summed E-state index contributed by atoms with van der Waals surface area (Å²) < 4.78 is 16.4. The second kappa shape index (κ2) is 9.21. The van der Waals surface area contributed by atoms with Crippen LogP contribution in [0.25, 0.3) is 0 Å². The van der Waals surface area contributed by atoms with E-state index in [4.69, 9.17) is 14.0 Å².